The topological polar surface area (TPSA) is 47.0 Å². The first kappa shape index (κ1) is 15.5. The molecule has 112 valence electrons. The summed E-state index contributed by atoms with van der Waals surface area (Å²) >= 11 is 0. The molecule has 0 amide bonds. The number of benzene rings is 1. The first-order valence-electron chi connectivity index (χ1n) is 6.91. The first-order chi connectivity index (χ1) is 10.1. The van der Waals surface area contributed by atoms with Crippen molar-refractivity contribution in [3.05, 3.63) is 47.0 Å². The van der Waals surface area contributed by atoms with E-state index in [-0.39, 0.29) is 5.82 Å². The molecule has 0 atom stereocenters. The van der Waals surface area contributed by atoms with Crippen molar-refractivity contribution in [3.63, 3.8) is 0 Å². The van der Waals surface area contributed by atoms with Crippen LogP contribution in [0.2, 0.25) is 0 Å². The van der Waals surface area contributed by atoms with E-state index in [1.807, 2.05) is 13.8 Å². The lowest BCUT2D eigenvalue weighted by atomic mass is 10.1. The molecule has 0 aliphatic rings. The van der Waals surface area contributed by atoms with Gasteiger partial charge in [-0.05, 0) is 38.1 Å². The Balaban J connectivity index is 2.18. The number of hydrogen-bond acceptors (Lipinski definition) is 4. The highest BCUT2D eigenvalue weighted by Crippen LogP contribution is 2.19. The van der Waals surface area contributed by atoms with E-state index in [0.717, 1.165) is 29.1 Å². The molecule has 0 bridgehead atoms. The maximum absolute atomic E-state index is 13.0. The van der Waals surface area contributed by atoms with Crippen molar-refractivity contribution in [2.24, 2.45) is 0 Å². The van der Waals surface area contributed by atoms with E-state index < -0.39 is 0 Å². The molecular formula is C16H20FN3O. The van der Waals surface area contributed by atoms with Gasteiger partial charge in [-0.2, -0.15) is 0 Å². The lowest BCUT2D eigenvalue weighted by Gasteiger charge is -2.12. The van der Waals surface area contributed by atoms with Crippen LogP contribution < -0.4 is 5.32 Å². The van der Waals surface area contributed by atoms with E-state index in [2.05, 4.69) is 15.3 Å². The fourth-order valence-electron chi connectivity index (χ4n) is 2.11. The molecule has 5 heteroatoms. The average molecular weight is 289 g/mol. The normalized spacial score (nSPS) is 10.9. The quantitative estimate of drug-likeness (QED) is 0.831. The van der Waals surface area contributed by atoms with E-state index in [4.69, 9.17) is 4.74 Å². The van der Waals surface area contributed by atoms with E-state index in [9.17, 15) is 4.39 Å². The lowest BCUT2D eigenvalue weighted by molar-refractivity contribution is 0.199. The molecule has 4 nitrogen and oxygen atoms in total. The molecule has 0 aliphatic heterocycles. The molecule has 0 spiro atoms. The molecule has 1 aromatic heterocycles. The molecular weight excluding hydrogens is 269 g/mol. The Hall–Kier alpha value is -1.85. The molecule has 2 aromatic rings. The summed E-state index contributed by atoms with van der Waals surface area (Å²) in [4.78, 5) is 9.06. The molecule has 1 heterocycles. The smallest absolute Gasteiger partial charge is 0.159 e. The number of aromatic nitrogens is 2. The van der Waals surface area contributed by atoms with Gasteiger partial charge in [0.2, 0.25) is 0 Å². The Bertz CT molecular complexity index is 576. The van der Waals surface area contributed by atoms with Crippen molar-refractivity contribution in [3.8, 4) is 11.4 Å². The van der Waals surface area contributed by atoms with Gasteiger partial charge in [-0.15, -0.1) is 0 Å². The van der Waals surface area contributed by atoms with E-state index >= 15 is 0 Å². The molecule has 2 rings (SSSR count). The number of rotatable bonds is 6. The fraction of sp³-hybridized carbons (Fsp3) is 0.375. The van der Waals surface area contributed by atoms with E-state index in [1.54, 1.807) is 19.2 Å². The number of nitrogens with zero attached hydrogens (tertiary/aromatic N) is 2. The maximum atomic E-state index is 13.0. The first-order valence-corrected chi connectivity index (χ1v) is 6.91. The maximum Gasteiger partial charge on any atom is 0.159 e. The summed E-state index contributed by atoms with van der Waals surface area (Å²) in [5, 5.41) is 3.30. The third-order valence-corrected chi connectivity index (χ3v) is 3.31. The summed E-state index contributed by atoms with van der Waals surface area (Å²) in [5.74, 6) is 0.372. The van der Waals surface area contributed by atoms with Gasteiger partial charge in [0.1, 0.15) is 5.82 Å². The minimum atomic E-state index is -0.258. The third-order valence-electron chi connectivity index (χ3n) is 3.31. The Morgan fingerprint density at radius 3 is 2.29 bits per heavy atom. The van der Waals surface area contributed by atoms with Crippen molar-refractivity contribution in [1.29, 1.82) is 0 Å². The number of methoxy groups -OCH3 is 1. The van der Waals surface area contributed by atoms with Gasteiger partial charge < -0.3 is 10.1 Å². The van der Waals surface area contributed by atoms with Crippen LogP contribution in [0.1, 0.15) is 17.0 Å². The monoisotopic (exact) mass is 289 g/mol. The summed E-state index contributed by atoms with van der Waals surface area (Å²) < 4.78 is 18.0. The molecule has 0 saturated carbocycles. The van der Waals surface area contributed by atoms with Crippen LogP contribution >= 0.6 is 0 Å². The Morgan fingerprint density at radius 2 is 1.71 bits per heavy atom. The predicted octanol–water partition coefficient (Wildman–Crippen LogP) is 2.64. The number of halogens is 1. The van der Waals surface area contributed by atoms with Gasteiger partial charge >= 0.3 is 0 Å². The van der Waals surface area contributed by atoms with Crippen LogP contribution in [0.3, 0.4) is 0 Å². The molecule has 0 fully saturated rings. The second kappa shape index (κ2) is 7.24. The summed E-state index contributed by atoms with van der Waals surface area (Å²) in [6.07, 6.45) is 0. The summed E-state index contributed by atoms with van der Waals surface area (Å²) in [5.41, 5.74) is 3.79. The molecule has 0 radical (unpaired) electrons. The summed E-state index contributed by atoms with van der Waals surface area (Å²) in [6, 6.07) is 6.23. The van der Waals surface area contributed by atoms with Crippen molar-refractivity contribution < 1.29 is 9.13 Å². The van der Waals surface area contributed by atoms with Crippen LogP contribution in [0.25, 0.3) is 11.4 Å². The van der Waals surface area contributed by atoms with Gasteiger partial charge in [0.25, 0.3) is 0 Å². The fourth-order valence-corrected chi connectivity index (χ4v) is 2.11. The molecule has 0 aliphatic carbocycles. The van der Waals surface area contributed by atoms with Gasteiger partial charge in [-0.25, -0.2) is 14.4 Å². The molecule has 0 saturated heterocycles. The minimum absolute atomic E-state index is 0.258. The van der Waals surface area contributed by atoms with Crippen LogP contribution in [-0.4, -0.2) is 30.2 Å². The predicted molar refractivity (Wildman–Crippen MR) is 80.5 cm³/mol. The summed E-state index contributed by atoms with van der Waals surface area (Å²) in [7, 11) is 1.68. The average Bonchev–Trinajstić information content (AvgIpc) is 2.46. The Labute approximate surface area is 124 Å². The Morgan fingerprint density at radius 1 is 1.10 bits per heavy atom. The highest BCUT2D eigenvalue weighted by atomic mass is 19.1. The number of ether oxygens (including phenoxy) is 1. The summed E-state index contributed by atoms with van der Waals surface area (Å²) in [6.45, 7) is 6.11. The van der Waals surface area contributed by atoms with Crippen molar-refractivity contribution in [2.75, 3.05) is 20.3 Å². The second-order valence-electron chi connectivity index (χ2n) is 4.87. The van der Waals surface area contributed by atoms with Crippen molar-refractivity contribution in [1.82, 2.24) is 15.3 Å². The molecule has 21 heavy (non-hydrogen) atoms. The lowest BCUT2D eigenvalue weighted by Crippen LogP contribution is -2.20. The Kier molecular flexibility index (Phi) is 5.36. The third kappa shape index (κ3) is 4.06. The zero-order valence-electron chi connectivity index (χ0n) is 12.6. The van der Waals surface area contributed by atoms with Crippen LogP contribution in [0, 0.1) is 19.7 Å². The number of hydrogen-bond donors (Lipinski definition) is 1. The van der Waals surface area contributed by atoms with Crippen molar-refractivity contribution >= 4 is 0 Å². The largest absolute Gasteiger partial charge is 0.383 e. The van der Waals surface area contributed by atoms with Crippen LogP contribution in [-0.2, 0) is 11.3 Å². The van der Waals surface area contributed by atoms with Gasteiger partial charge in [0.05, 0.1) is 6.61 Å². The van der Waals surface area contributed by atoms with Gasteiger partial charge in [-0.1, -0.05) is 0 Å². The van der Waals surface area contributed by atoms with Gasteiger partial charge in [-0.3, -0.25) is 0 Å². The number of nitrogens with one attached hydrogen (secondary N) is 1. The second-order valence-corrected chi connectivity index (χ2v) is 4.87. The SMILES string of the molecule is COCCNCc1c(C)nc(-c2ccc(F)cc2)nc1C. The number of aryl methyl sites for hydroxylation is 2. The standard InChI is InChI=1S/C16H20FN3O/c1-11-15(10-18-8-9-21-3)12(2)20-16(19-11)13-4-6-14(17)7-5-13/h4-7,18H,8-10H2,1-3H3. The van der Waals surface area contributed by atoms with Gasteiger partial charge in [0.15, 0.2) is 5.82 Å². The van der Waals surface area contributed by atoms with Crippen LogP contribution in [0.15, 0.2) is 24.3 Å². The van der Waals surface area contributed by atoms with E-state index in [0.29, 0.717) is 19.0 Å². The van der Waals surface area contributed by atoms with E-state index in [1.165, 1.54) is 12.1 Å². The van der Waals surface area contributed by atoms with Gasteiger partial charge in [0, 0.05) is 42.7 Å². The zero-order chi connectivity index (χ0) is 15.2. The molecule has 1 N–H and O–H groups in total. The molecule has 1 aromatic carbocycles. The highest BCUT2D eigenvalue weighted by molar-refractivity contribution is 5.55. The minimum Gasteiger partial charge on any atom is -0.383 e. The zero-order valence-corrected chi connectivity index (χ0v) is 12.6. The van der Waals surface area contributed by atoms with Crippen LogP contribution in [0.5, 0.6) is 0 Å². The van der Waals surface area contributed by atoms with Crippen LogP contribution in [0.4, 0.5) is 4.39 Å². The van der Waals surface area contributed by atoms with Crippen molar-refractivity contribution in [2.45, 2.75) is 20.4 Å². The highest BCUT2D eigenvalue weighted by Gasteiger charge is 2.09. The molecule has 0 unspecified atom stereocenters.